The molecule has 0 saturated carbocycles. The summed E-state index contributed by atoms with van der Waals surface area (Å²) in [4.78, 5) is 31.7. The van der Waals surface area contributed by atoms with E-state index >= 15 is 0 Å². The van der Waals surface area contributed by atoms with Gasteiger partial charge in [0.25, 0.3) is 5.56 Å². The van der Waals surface area contributed by atoms with E-state index in [4.69, 9.17) is 9.40 Å². The Morgan fingerprint density at radius 1 is 0.871 bits per heavy atom. The van der Waals surface area contributed by atoms with Crippen molar-refractivity contribution in [2.75, 3.05) is 0 Å². The van der Waals surface area contributed by atoms with Crippen molar-refractivity contribution >= 4 is 22.1 Å². The van der Waals surface area contributed by atoms with Crippen LogP contribution in [0.15, 0.2) is 92.9 Å². The zero-order chi connectivity index (χ0) is 21.5. The zero-order valence-corrected chi connectivity index (χ0v) is 17.2. The Morgan fingerprint density at radius 2 is 1.55 bits per heavy atom. The van der Waals surface area contributed by atoms with Gasteiger partial charge in [-0.15, -0.1) is 0 Å². The van der Waals surface area contributed by atoms with E-state index in [0.717, 1.165) is 16.7 Å². The summed E-state index contributed by atoms with van der Waals surface area (Å²) in [6.07, 6.45) is 0. The highest BCUT2D eigenvalue weighted by atomic mass is 16.3. The highest BCUT2D eigenvalue weighted by Gasteiger charge is 2.23. The molecule has 0 fully saturated rings. The fourth-order valence-electron chi connectivity index (χ4n) is 4.02. The average Bonchev–Trinajstić information content (AvgIpc) is 2.79. The first-order valence-electron chi connectivity index (χ1n) is 10.2. The van der Waals surface area contributed by atoms with Gasteiger partial charge in [-0.1, -0.05) is 66.7 Å². The van der Waals surface area contributed by atoms with Crippen LogP contribution < -0.4 is 11.0 Å². The highest BCUT2D eigenvalue weighted by Crippen LogP contribution is 2.27. The lowest BCUT2D eigenvalue weighted by molar-refractivity contribution is 0.597. The predicted octanol–water partition coefficient (Wildman–Crippen LogP) is 5.09. The molecule has 0 saturated heterocycles. The lowest BCUT2D eigenvalue weighted by atomic mass is 10.0. The van der Waals surface area contributed by atoms with Crippen LogP contribution in [0.3, 0.4) is 0 Å². The van der Waals surface area contributed by atoms with E-state index in [2.05, 4.69) is 0 Å². The number of aromatic nitrogens is 2. The Balaban J connectivity index is 1.94. The van der Waals surface area contributed by atoms with Gasteiger partial charge >= 0.3 is 0 Å². The summed E-state index contributed by atoms with van der Waals surface area (Å²) in [7, 11) is 0. The van der Waals surface area contributed by atoms with Crippen molar-refractivity contribution in [2.24, 2.45) is 0 Å². The van der Waals surface area contributed by atoms with E-state index in [9.17, 15) is 9.59 Å². The molecule has 2 aromatic heterocycles. The Morgan fingerprint density at radius 3 is 2.32 bits per heavy atom. The first kappa shape index (κ1) is 19.0. The number of rotatable bonds is 3. The molecule has 31 heavy (non-hydrogen) atoms. The minimum absolute atomic E-state index is 0.0289. The van der Waals surface area contributed by atoms with E-state index in [1.54, 1.807) is 28.8 Å². The minimum Gasteiger partial charge on any atom is -0.437 e. The maximum Gasteiger partial charge on any atom is 0.269 e. The topological polar surface area (TPSA) is 65.1 Å². The van der Waals surface area contributed by atoms with Gasteiger partial charge in [-0.3, -0.25) is 14.2 Å². The third-order valence-corrected chi connectivity index (χ3v) is 5.70. The molecule has 0 radical (unpaired) electrons. The maximum atomic E-state index is 13.8. The molecule has 0 N–H and O–H groups in total. The molecular formula is C26H20N2O3. The first-order valence-corrected chi connectivity index (χ1v) is 10.2. The van der Waals surface area contributed by atoms with Crippen molar-refractivity contribution in [1.82, 2.24) is 9.55 Å². The lowest BCUT2D eigenvalue weighted by Gasteiger charge is -2.21. The minimum atomic E-state index is -0.404. The molecule has 0 spiro atoms. The van der Waals surface area contributed by atoms with Crippen molar-refractivity contribution in [3.05, 3.63) is 111 Å². The monoisotopic (exact) mass is 408 g/mol. The molecule has 0 aliphatic rings. The molecule has 1 atom stereocenters. The van der Waals surface area contributed by atoms with Crippen molar-refractivity contribution in [2.45, 2.75) is 19.9 Å². The summed E-state index contributed by atoms with van der Waals surface area (Å²) in [5.74, 6) is 0.477. The molecule has 0 aliphatic carbocycles. The summed E-state index contributed by atoms with van der Waals surface area (Å²) in [6.45, 7) is 3.91. The van der Waals surface area contributed by atoms with Crippen LogP contribution in [0.2, 0.25) is 0 Å². The van der Waals surface area contributed by atoms with Gasteiger partial charge in [0.15, 0.2) is 5.39 Å². The fourth-order valence-corrected chi connectivity index (χ4v) is 4.02. The van der Waals surface area contributed by atoms with Crippen LogP contribution in [-0.2, 0) is 0 Å². The van der Waals surface area contributed by atoms with E-state index in [1.165, 1.54) is 0 Å². The van der Waals surface area contributed by atoms with Crippen molar-refractivity contribution in [3.63, 3.8) is 0 Å². The Labute approximate surface area is 178 Å². The Hall–Kier alpha value is -3.99. The van der Waals surface area contributed by atoms with Crippen LogP contribution in [0.5, 0.6) is 0 Å². The molecule has 5 nitrogen and oxygen atoms in total. The van der Waals surface area contributed by atoms with E-state index in [-0.39, 0.29) is 22.6 Å². The van der Waals surface area contributed by atoms with Crippen molar-refractivity contribution < 1.29 is 4.42 Å². The fraction of sp³-hybridized carbons (Fsp3) is 0.115. The highest BCUT2D eigenvalue weighted by molar-refractivity contribution is 5.88. The maximum absolute atomic E-state index is 13.8. The van der Waals surface area contributed by atoms with Crippen molar-refractivity contribution in [1.29, 1.82) is 0 Å². The van der Waals surface area contributed by atoms with Gasteiger partial charge in [0.05, 0.1) is 11.4 Å². The number of benzene rings is 3. The normalized spacial score (nSPS) is 12.3. The van der Waals surface area contributed by atoms with Crippen LogP contribution in [0.1, 0.15) is 24.1 Å². The molecule has 3 aromatic carbocycles. The molecule has 0 aliphatic heterocycles. The second-order valence-electron chi connectivity index (χ2n) is 7.62. The van der Waals surface area contributed by atoms with Crippen LogP contribution in [0.4, 0.5) is 0 Å². The molecule has 0 amide bonds. The van der Waals surface area contributed by atoms with Gasteiger partial charge in [-0.05, 0) is 37.1 Å². The standard InChI is InChI=1S/C26H20N2O3/c1-16-10-6-7-13-19(16)24-27-25-22(23(29)20-14-8-9-15-21(20)31-25)26(30)28(24)17(2)18-11-4-3-5-12-18/h3-15,17H,1-2H3. The quantitative estimate of drug-likeness (QED) is 0.390. The summed E-state index contributed by atoms with van der Waals surface area (Å²) in [5, 5.41) is 0.343. The average molecular weight is 408 g/mol. The number of fused-ring (bicyclic) bond motifs is 2. The number of hydrogen-bond donors (Lipinski definition) is 0. The molecule has 0 bridgehead atoms. The van der Waals surface area contributed by atoms with Gasteiger partial charge in [0.2, 0.25) is 11.1 Å². The largest absolute Gasteiger partial charge is 0.437 e. The molecule has 152 valence electrons. The summed E-state index contributed by atoms with van der Waals surface area (Å²) >= 11 is 0. The molecular weight excluding hydrogens is 388 g/mol. The second-order valence-corrected chi connectivity index (χ2v) is 7.62. The van der Waals surface area contributed by atoms with Gasteiger partial charge in [-0.2, -0.15) is 4.98 Å². The summed E-state index contributed by atoms with van der Waals surface area (Å²) < 4.78 is 7.53. The first-order chi connectivity index (χ1) is 15.1. The van der Waals surface area contributed by atoms with Gasteiger partial charge in [0.1, 0.15) is 11.4 Å². The predicted molar refractivity (Wildman–Crippen MR) is 122 cm³/mol. The SMILES string of the molecule is Cc1ccccc1-c1nc2oc3ccccc3c(=O)c2c(=O)n1C(C)c1ccccc1. The molecule has 5 heteroatoms. The lowest BCUT2D eigenvalue weighted by Crippen LogP contribution is -2.30. The van der Waals surface area contributed by atoms with E-state index in [1.807, 2.05) is 68.4 Å². The second kappa shape index (κ2) is 7.36. The number of aryl methyl sites for hydroxylation is 1. The van der Waals surface area contributed by atoms with Crippen LogP contribution >= 0.6 is 0 Å². The molecule has 5 rings (SSSR count). The van der Waals surface area contributed by atoms with Crippen molar-refractivity contribution in [3.8, 4) is 11.4 Å². The van der Waals surface area contributed by atoms with Crippen LogP contribution in [-0.4, -0.2) is 9.55 Å². The third-order valence-electron chi connectivity index (χ3n) is 5.70. The van der Waals surface area contributed by atoms with E-state index in [0.29, 0.717) is 16.8 Å². The Bertz CT molecular complexity index is 1550. The van der Waals surface area contributed by atoms with E-state index < -0.39 is 5.56 Å². The smallest absolute Gasteiger partial charge is 0.269 e. The molecule has 2 heterocycles. The summed E-state index contributed by atoms with van der Waals surface area (Å²) in [6, 6.07) is 24.1. The third kappa shape index (κ3) is 3.06. The molecule has 1 unspecified atom stereocenters. The number of nitrogens with zero attached hydrogens (tertiary/aromatic N) is 2. The van der Waals surface area contributed by atoms with Crippen LogP contribution in [0.25, 0.3) is 33.5 Å². The summed E-state index contributed by atoms with van der Waals surface area (Å²) in [5.41, 5.74) is 2.45. The zero-order valence-electron chi connectivity index (χ0n) is 17.2. The van der Waals surface area contributed by atoms with Gasteiger partial charge in [0, 0.05) is 5.56 Å². The Kier molecular flexibility index (Phi) is 4.51. The van der Waals surface area contributed by atoms with Gasteiger partial charge in [-0.25, -0.2) is 0 Å². The number of hydrogen-bond acceptors (Lipinski definition) is 4. The molecule has 5 aromatic rings. The number of para-hydroxylation sites is 1. The van der Waals surface area contributed by atoms with Crippen LogP contribution in [0, 0.1) is 6.92 Å². The van der Waals surface area contributed by atoms with Gasteiger partial charge < -0.3 is 4.42 Å².